The Morgan fingerprint density at radius 3 is 2.61 bits per heavy atom. The van der Waals surface area contributed by atoms with Crippen molar-refractivity contribution in [2.75, 3.05) is 5.32 Å². The number of nitrogens with zero attached hydrogens (tertiary/aromatic N) is 2. The molecule has 0 saturated carbocycles. The third-order valence-electron chi connectivity index (χ3n) is 5.34. The van der Waals surface area contributed by atoms with Gasteiger partial charge in [0.1, 0.15) is 11.5 Å². The van der Waals surface area contributed by atoms with Gasteiger partial charge in [-0.25, -0.2) is 5.43 Å². The number of carbonyl (C=O) groups is 2. The number of hydrazone groups is 1. The third kappa shape index (κ3) is 4.40. The molecule has 0 spiro atoms. The van der Waals surface area contributed by atoms with E-state index in [4.69, 9.17) is 4.42 Å². The van der Waals surface area contributed by atoms with E-state index in [1.165, 1.54) is 5.56 Å². The first-order chi connectivity index (χ1) is 15.1. The molecule has 2 heterocycles. The largest absolute Gasteiger partial charge is 0.455 e. The van der Waals surface area contributed by atoms with Gasteiger partial charge < -0.3 is 9.73 Å². The Morgan fingerprint density at radius 1 is 1.10 bits per heavy atom. The molecule has 0 unspecified atom stereocenters. The molecule has 7 heteroatoms. The van der Waals surface area contributed by atoms with Gasteiger partial charge in [-0.2, -0.15) is 5.10 Å². The number of anilines is 1. The lowest BCUT2D eigenvalue weighted by Crippen LogP contribution is -2.22. The van der Waals surface area contributed by atoms with Crippen LogP contribution in [-0.4, -0.2) is 22.5 Å². The number of nitrogens with one attached hydrogen (secondary N) is 2. The highest BCUT2D eigenvalue weighted by molar-refractivity contribution is 6.09. The summed E-state index contributed by atoms with van der Waals surface area (Å²) in [5.74, 6) is 0.319. The second kappa shape index (κ2) is 8.95. The molecule has 3 aromatic rings. The number of carbonyl (C=O) groups excluding carboxylic acids is 2. The number of fused-ring (bicyclic) bond motifs is 1. The lowest BCUT2D eigenvalue weighted by atomic mass is 9.93. The van der Waals surface area contributed by atoms with Gasteiger partial charge >= 0.3 is 0 Å². The second-order valence-corrected chi connectivity index (χ2v) is 7.43. The van der Waals surface area contributed by atoms with Crippen LogP contribution in [0.4, 0.5) is 5.69 Å². The molecule has 158 valence electrons. The SMILES string of the molecule is CCc1ccc(NC(=O)c2oc3c(c2C)/C(=N/NC(=O)c2ccccn2)CCC3)cc1. The summed E-state index contributed by atoms with van der Waals surface area (Å²) in [4.78, 5) is 29.2. The highest BCUT2D eigenvalue weighted by Crippen LogP contribution is 2.30. The van der Waals surface area contributed by atoms with Crippen molar-refractivity contribution < 1.29 is 14.0 Å². The zero-order chi connectivity index (χ0) is 21.8. The molecular formula is C24H24N4O3. The minimum Gasteiger partial charge on any atom is -0.455 e. The highest BCUT2D eigenvalue weighted by atomic mass is 16.4. The Morgan fingerprint density at radius 2 is 1.90 bits per heavy atom. The van der Waals surface area contributed by atoms with E-state index in [2.05, 4.69) is 27.8 Å². The van der Waals surface area contributed by atoms with Gasteiger partial charge in [0.05, 0.1) is 5.71 Å². The number of furan rings is 1. The van der Waals surface area contributed by atoms with E-state index in [1.54, 1.807) is 24.4 Å². The Bertz CT molecular complexity index is 1130. The maximum absolute atomic E-state index is 12.8. The van der Waals surface area contributed by atoms with Crippen molar-refractivity contribution in [3.05, 3.63) is 82.6 Å². The van der Waals surface area contributed by atoms with Gasteiger partial charge in [-0.1, -0.05) is 25.1 Å². The van der Waals surface area contributed by atoms with E-state index in [1.807, 2.05) is 31.2 Å². The van der Waals surface area contributed by atoms with E-state index in [-0.39, 0.29) is 17.6 Å². The van der Waals surface area contributed by atoms with Gasteiger partial charge in [-0.3, -0.25) is 14.6 Å². The maximum Gasteiger partial charge on any atom is 0.291 e. The molecule has 1 aromatic carbocycles. The lowest BCUT2D eigenvalue weighted by molar-refractivity contribution is 0.0948. The van der Waals surface area contributed by atoms with Crippen LogP contribution in [0.25, 0.3) is 0 Å². The quantitative estimate of drug-likeness (QED) is 0.607. The first kappa shape index (κ1) is 20.5. The standard InChI is InChI=1S/C24H24N4O3/c1-3-16-10-12-17(13-11-16)26-24(30)22-15(2)21-18(8-6-9-20(21)31-22)27-28-23(29)19-7-4-5-14-25-19/h4-5,7,10-14H,3,6,8-9H2,1-2H3,(H,26,30)(H,28,29)/b27-18+. The zero-order valence-corrected chi connectivity index (χ0v) is 17.6. The van der Waals surface area contributed by atoms with Crippen LogP contribution in [0.5, 0.6) is 0 Å². The molecule has 0 saturated heterocycles. The third-order valence-corrected chi connectivity index (χ3v) is 5.34. The van der Waals surface area contributed by atoms with E-state index in [0.29, 0.717) is 23.5 Å². The fourth-order valence-corrected chi connectivity index (χ4v) is 3.68. The minimum absolute atomic E-state index is 0.273. The molecule has 31 heavy (non-hydrogen) atoms. The van der Waals surface area contributed by atoms with Crippen LogP contribution in [0, 0.1) is 6.92 Å². The predicted molar refractivity (Wildman–Crippen MR) is 118 cm³/mol. The molecular weight excluding hydrogens is 392 g/mol. The van der Waals surface area contributed by atoms with Crippen molar-refractivity contribution in [1.82, 2.24) is 10.4 Å². The number of amides is 2. The van der Waals surface area contributed by atoms with E-state index in [9.17, 15) is 9.59 Å². The van der Waals surface area contributed by atoms with Gasteiger partial charge in [0, 0.05) is 29.4 Å². The van der Waals surface area contributed by atoms with Crippen molar-refractivity contribution in [1.29, 1.82) is 0 Å². The smallest absolute Gasteiger partial charge is 0.291 e. The van der Waals surface area contributed by atoms with Gasteiger partial charge in [-0.05, 0) is 56.0 Å². The summed E-state index contributed by atoms with van der Waals surface area (Å²) in [6, 6.07) is 12.9. The molecule has 4 rings (SSSR count). The van der Waals surface area contributed by atoms with Crippen LogP contribution in [0.15, 0.2) is 58.2 Å². The van der Waals surface area contributed by atoms with Gasteiger partial charge in [-0.15, -0.1) is 0 Å². The molecule has 2 N–H and O–H groups in total. The van der Waals surface area contributed by atoms with Crippen LogP contribution in [0.2, 0.25) is 0 Å². The summed E-state index contributed by atoms with van der Waals surface area (Å²) in [6.07, 6.45) is 4.74. The molecule has 0 aliphatic heterocycles. The summed E-state index contributed by atoms with van der Waals surface area (Å²) >= 11 is 0. The van der Waals surface area contributed by atoms with Crippen molar-refractivity contribution >= 4 is 23.2 Å². The zero-order valence-electron chi connectivity index (χ0n) is 17.6. The number of hydrogen-bond acceptors (Lipinski definition) is 5. The monoisotopic (exact) mass is 416 g/mol. The van der Waals surface area contributed by atoms with Gasteiger partial charge in [0.25, 0.3) is 11.8 Å². The Balaban J connectivity index is 1.54. The van der Waals surface area contributed by atoms with E-state index < -0.39 is 0 Å². The molecule has 0 atom stereocenters. The first-order valence-electron chi connectivity index (χ1n) is 10.4. The molecule has 2 aromatic heterocycles. The normalized spacial score (nSPS) is 14.2. The van der Waals surface area contributed by atoms with Crippen LogP contribution in [-0.2, 0) is 12.8 Å². The Kier molecular flexibility index (Phi) is 5.93. The van der Waals surface area contributed by atoms with Crippen molar-refractivity contribution in [2.24, 2.45) is 5.10 Å². The average molecular weight is 416 g/mol. The summed E-state index contributed by atoms with van der Waals surface area (Å²) < 4.78 is 5.92. The minimum atomic E-state index is -0.380. The number of aromatic nitrogens is 1. The molecule has 0 fully saturated rings. The first-order valence-corrected chi connectivity index (χ1v) is 10.4. The Labute approximate surface area is 180 Å². The predicted octanol–water partition coefficient (Wildman–Crippen LogP) is 4.27. The number of benzene rings is 1. The number of aryl methyl sites for hydroxylation is 2. The fraction of sp³-hybridized carbons (Fsp3) is 0.250. The summed E-state index contributed by atoms with van der Waals surface area (Å²) in [5.41, 5.74) is 7.02. The van der Waals surface area contributed by atoms with Crippen molar-refractivity contribution in [3.8, 4) is 0 Å². The molecule has 7 nitrogen and oxygen atoms in total. The van der Waals surface area contributed by atoms with E-state index >= 15 is 0 Å². The molecule has 2 amide bonds. The maximum atomic E-state index is 12.8. The number of hydrogen-bond donors (Lipinski definition) is 2. The van der Waals surface area contributed by atoms with Crippen molar-refractivity contribution in [3.63, 3.8) is 0 Å². The number of pyridine rings is 1. The van der Waals surface area contributed by atoms with Gasteiger partial charge in [0.2, 0.25) is 0 Å². The topological polar surface area (TPSA) is 96.6 Å². The Hall–Kier alpha value is -3.74. The average Bonchev–Trinajstić information content (AvgIpc) is 3.16. The summed E-state index contributed by atoms with van der Waals surface area (Å²) in [6.45, 7) is 3.93. The molecule has 0 bridgehead atoms. The molecule has 0 radical (unpaired) electrons. The molecule has 1 aliphatic carbocycles. The van der Waals surface area contributed by atoms with Gasteiger partial charge in [0.15, 0.2) is 5.76 Å². The highest BCUT2D eigenvalue weighted by Gasteiger charge is 2.28. The lowest BCUT2D eigenvalue weighted by Gasteiger charge is -2.13. The summed E-state index contributed by atoms with van der Waals surface area (Å²) in [7, 11) is 0. The number of rotatable bonds is 5. The van der Waals surface area contributed by atoms with Crippen LogP contribution < -0.4 is 10.7 Å². The second-order valence-electron chi connectivity index (χ2n) is 7.43. The van der Waals surface area contributed by atoms with Crippen LogP contribution in [0.1, 0.15) is 63.3 Å². The summed E-state index contributed by atoms with van der Waals surface area (Å²) in [5, 5.41) is 7.22. The van der Waals surface area contributed by atoms with E-state index in [0.717, 1.165) is 36.1 Å². The van der Waals surface area contributed by atoms with Crippen molar-refractivity contribution in [2.45, 2.75) is 39.5 Å². The fourth-order valence-electron chi connectivity index (χ4n) is 3.68. The molecule has 1 aliphatic rings. The van der Waals surface area contributed by atoms with Crippen LogP contribution >= 0.6 is 0 Å². The van der Waals surface area contributed by atoms with Crippen LogP contribution in [0.3, 0.4) is 0 Å².